The lowest BCUT2D eigenvalue weighted by Crippen LogP contribution is -2.37. The maximum atomic E-state index is 12.5. The van der Waals surface area contributed by atoms with Crippen LogP contribution in [0.4, 0.5) is 0 Å². The van der Waals surface area contributed by atoms with E-state index in [1.807, 2.05) is 23.1 Å². The van der Waals surface area contributed by atoms with Gasteiger partial charge in [0.15, 0.2) is 5.78 Å². The molecule has 1 saturated heterocycles. The van der Waals surface area contributed by atoms with E-state index in [9.17, 15) is 9.59 Å². The molecule has 2 aromatic rings. The highest BCUT2D eigenvalue weighted by molar-refractivity contribution is 6.09. The average molecular weight is 307 g/mol. The van der Waals surface area contributed by atoms with Gasteiger partial charge in [0.2, 0.25) is 0 Å². The normalized spacial score (nSPS) is 15.4. The Labute approximate surface area is 136 Å². The van der Waals surface area contributed by atoms with Crippen LogP contribution in [-0.2, 0) is 0 Å². The Kier molecular flexibility index (Phi) is 4.56. The number of carbonyl (C=O) groups excluding carboxylic acids is 2. The Balaban J connectivity index is 1.72. The number of piperidine rings is 1. The molecule has 1 heterocycles. The second-order valence-electron chi connectivity index (χ2n) is 6.25. The van der Waals surface area contributed by atoms with Gasteiger partial charge in [-0.25, -0.2) is 0 Å². The largest absolute Gasteiger partial charge is 0.339 e. The summed E-state index contributed by atoms with van der Waals surface area (Å²) in [6.45, 7) is 3.88. The number of hydrogen-bond donors (Lipinski definition) is 0. The van der Waals surface area contributed by atoms with Crippen LogP contribution in [0.3, 0.4) is 0 Å². The van der Waals surface area contributed by atoms with Crippen LogP contribution in [0.2, 0.25) is 0 Å². The fourth-order valence-corrected chi connectivity index (χ4v) is 2.91. The highest BCUT2D eigenvalue weighted by Crippen LogP contribution is 2.19. The van der Waals surface area contributed by atoms with Crippen molar-refractivity contribution in [3.05, 3.63) is 71.3 Å². The summed E-state index contributed by atoms with van der Waals surface area (Å²) in [6, 6.07) is 16.2. The van der Waals surface area contributed by atoms with Crippen LogP contribution >= 0.6 is 0 Å². The van der Waals surface area contributed by atoms with E-state index in [4.69, 9.17) is 0 Å². The topological polar surface area (TPSA) is 37.4 Å². The van der Waals surface area contributed by atoms with Gasteiger partial charge in [0.1, 0.15) is 0 Å². The van der Waals surface area contributed by atoms with Crippen molar-refractivity contribution < 1.29 is 9.59 Å². The lowest BCUT2D eigenvalue weighted by atomic mass is 9.98. The Morgan fingerprint density at radius 3 is 1.96 bits per heavy atom. The molecule has 0 aromatic heterocycles. The molecule has 0 unspecified atom stereocenters. The Morgan fingerprint density at radius 2 is 1.35 bits per heavy atom. The Hall–Kier alpha value is -2.42. The highest BCUT2D eigenvalue weighted by atomic mass is 16.2. The predicted octanol–water partition coefficient (Wildman–Crippen LogP) is 3.79. The Morgan fingerprint density at radius 1 is 0.826 bits per heavy atom. The third-order valence-corrected chi connectivity index (χ3v) is 4.50. The van der Waals surface area contributed by atoms with Gasteiger partial charge in [-0.3, -0.25) is 9.59 Å². The van der Waals surface area contributed by atoms with Gasteiger partial charge < -0.3 is 4.90 Å². The molecule has 3 nitrogen and oxygen atoms in total. The van der Waals surface area contributed by atoms with Gasteiger partial charge in [-0.1, -0.05) is 49.4 Å². The first-order valence-electron chi connectivity index (χ1n) is 8.14. The third-order valence-electron chi connectivity index (χ3n) is 4.50. The van der Waals surface area contributed by atoms with Crippen LogP contribution in [0.1, 0.15) is 46.0 Å². The number of hydrogen-bond acceptors (Lipinski definition) is 2. The fraction of sp³-hybridized carbons (Fsp3) is 0.300. The fourth-order valence-electron chi connectivity index (χ4n) is 2.91. The zero-order valence-electron chi connectivity index (χ0n) is 13.4. The van der Waals surface area contributed by atoms with Gasteiger partial charge in [0, 0.05) is 29.8 Å². The molecular weight excluding hydrogens is 286 g/mol. The van der Waals surface area contributed by atoms with Crippen LogP contribution in [0.15, 0.2) is 54.6 Å². The molecule has 0 spiro atoms. The van der Waals surface area contributed by atoms with E-state index < -0.39 is 0 Å². The molecule has 1 aliphatic rings. The summed E-state index contributed by atoms with van der Waals surface area (Å²) < 4.78 is 0. The van der Waals surface area contributed by atoms with Crippen LogP contribution in [0.5, 0.6) is 0 Å². The van der Waals surface area contributed by atoms with Gasteiger partial charge in [-0.15, -0.1) is 0 Å². The minimum absolute atomic E-state index is 0.0172. The summed E-state index contributed by atoms with van der Waals surface area (Å²) in [7, 11) is 0. The lowest BCUT2D eigenvalue weighted by Gasteiger charge is -2.30. The number of rotatable bonds is 3. The van der Waals surface area contributed by atoms with E-state index in [1.54, 1.807) is 36.4 Å². The van der Waals surface area contributed by atoms with Gasteiger partial charge in [-0.05, 0) is 30.9 Å². The second kappa shape index (κ2) is 6.78. The quantitative estimate of drug-likeness (QED) is 0.809. The van der Waals surface area contributed by atoms with Crippen LogP contribution in [0, 0.1) is 5.92 Å². The number of likely N-dealkylation sites (tertiary alicyclic amines) is 1. The number of amides is 1. The van der Waals surface area contributed by atoms with Crippen LogP contribution in [0.25, 0.3) is 0 Å². The van der Waals surface area contributed by atoms with E-state index in [2.05, 4.69) is 6.92 Å². The zero-order chi connectivity index (χ0) is 16.2. The predicted molar refractivity (Wildman–Crippen MR) is 90.6 cm³/mol. The van der Waals surface area contributed by atoms with Crippen molar-refractivity contribution in [2.24, 2.45) is 5.92 Å². The molecule has 0 radical (unpaired) electrons. The van der Waals surface area contributed by atoms with Gasteiger partial charge >= 0.3 is 0 Å². The summed E-state index contributed by atoms with van der Waals surface area (Å²) in [5.41, 5.74) is 1.93. The number of carbonyl (C=O) groups is 2. The molecule has 23 heavy (non-hydrogen) atoms. The third kappa shape index (κ3) is 3.50. The standard InChI is InChI=1S/C20H21NO2/c1-15-11-13-21(14-12-15)20(23)18-9-7-17(8-10-18)19(22)16-5-3-2-4-6-16/h2-10,15H,11-14H2,1H3. The summed E-state index contributed by atoms with van der Waals surface area (Å²) >= 11 is 0. The van der Waals surface area contributed by atoms with Crippen LogP contribution in [-0.4, -0.2) is 29.7 Å². The molecular formula is C20H21NO2. The number of nitrogens with zero attached hydrogens (tertiary/aromatic N) is 1. The average Bonchev–Trinajstić information content (AvgIpc) is 2.62. The number of ketones is 1. The second-order valence-corrected chi connectivity index (χ2v) is 6.25. The first-order chi connectivity index (χ1) is 11.1. The van der Waals surface area contributed by atoms with Crippen molar-refractivity contribution >= 4 is 11.7 Å². The molecule has 0 bridgehead atoms. The van der Waals surface area contributed by atoms with E-state index in [1.165, 1.54) is 0 Å². The SMILES string of the molecule is CC1CCN(C(=O)c2ccc(C(=O)c3ccccc3)cc2)CC1. The molecule has 0 atom stereocenters. The maximum Gasteiger partial charge on any atom is 0.253 e. The summed E-state index contributed by atoms with van der Waals surface area (Å²) in [5, 5.41) is 0. The summed E-state index contributed by atoms with van der Waals surface area (Å²) in [5.74, 6) is 0.747. The van der Waals surface area contributed by atoms with Gasteiger partial charge in [-0.2, -0.15) is 0 Å². The van der Waals surface area contributed by atoms with Crippen molar-refractivity contribution in [1.82, 2.24) is 4.90 Å². The van der Waals surface area contributed by atoms with E-state index in [0.717, 1.165) is 25.9 Å². The minimum Gasteiger partial charge on any atom is -0.339 e. The van der Waals surface area contributed by atoms with Crippen molar-refractivity contribution in [3.63, 3.8) is 0 Å². The smallest absolute Gasteiger partial charge is 0.253 e. The van der Waals surface area contributed by atoms with Gasteiger partial charge in [0.05, 0.1) is 0 Å². The summed E-state index contributed by atoms with van der Waals surface area (Å²) in [4.78, 5) is 26.8. The molecule has 1 amide bonds. The molecule has 0 N–H and O–H groups in total. The molecule has 2 aromatic carbocycles. The monoisotopic (exact) mass is 307 g/mol. The van der Waals surface area contributed by atoms with Crippen molar-refractivity contribution in [2.45, 2.75) is 19.8 Å². The van der Waals surface area contributed by atoms with E-state index in [-0.39, 0.29) is 11.7 Å². The van der Waals surface area contributed by atoms with E-state index in [0.29, 0.717) is 22.6 Å². The van der Waals surface area contributed by atoms with E-state index >= 15 is 0 Å². The minimum atomic E-state index is -0.0172. The lowest BCUT2D eigenvalue weighted by molar-refractivity contribution is 0.0697. The zero-order valence-corrected chi connectivity index (χ0v) is 13.4. The number of benzene rings is 2. The van der Waals surface area contributed by atoms with Crippen molar-refractivity contribution in [2.75, 3.05) is 13.1 Å². The first-order valence-corrected chi connectivity index (χ1v) is 8.14. The van der Waals surface area contributed by atoms with Gasteiger partial charge in [0.25, 0.3) is 5.91 Å². The maximum absolute atomic E-state index is 12.5. The molecule has 0 aliphatic carbocycles. The highest BCUT2D eigenvalue weighted by Gasteiger charge is 2.21. The molecule has 3 heteroatoms. The summed E-state index contributed by atoms with van der Waals surface area (Å²) in [6.07, 6.45) is 2.13. The first kappa shape index (κ1) is 15.5. The Bertz CT molecular complexity index is 683. The van der Waals surface area contributed by atoms with Crippen molar-refractivity contribution in [3.8, 4) is 0 Å². The molecule has 0 saturated carbocycles. The van der Waals surface area contributed by atoms with Crippen molar-refractivity contribution in [1.29, 1.82) is 0 Å². The van der Waals surface area contributed by atoms with Crippen LogP contribution < -0.4 is 0 Å². The molecule has 3 rings (SSSR count). The molecule has 1 aliphatic heterocycles. The molecule has 118 valence electrons. The molecule has 1 fully saturated rings.